The van der Waals surface area contributed by atoms with E-state index in [1.165, 1.54) is 11.5 Å². The van der Waals surface area contributed by atoms with Crippen molar-refractivity contribution in [1.82, 2.24) is 4.90 Å². The Morgan fingerprint density at radius 2 is 2.04 bits per heavy atom. The molecular formula is C21H38N2OS. The summed E-state index contributed by atoms with van der Waals surface area (Å²) in [5, 5.41) is 1.30. The van der Waals surface area contributed by atoms with Crippen LogP contribution in [0, 0.1) is 23.7 Å². The highest BCUT2D eigenvalue weighted by molar-refractivity contribution is 8.14. The second-order valence-electron chi connectivity index (χ2n) is 7.99. The maximum atomic E-state index is 12.2. The summed E-state index contributed by atoms with van der Waals surface area (Å²) in [6.07, 6.45) is 6.27. The van der Waals surface area contributed by atoms with Crippen LogP contribution < -0.4 is 0 Å². The molecule has 0 aromatic rings. The third kappa shape index (κ3) is 7.55. The van der Waals surface area contributed by atoms with Gasteiger partial charge in [0.15, 0.2) is 0 Å². The second kappa shape index (κ2) is 11.1. The van der Waals surface area contributed by atoms with E-state index in [4.69, 9.17) is 4.99 Å². The van der Waals surface area contributed by atoms with Gasteiger partial charge in [-0.15, -0.1) is 18.3 Å². The number of aliphatic imine (C=N–C) groups is 1. The van der Waals surface area contributed by atoms with Gasteiger partial charge in [0.2, 0.25) is 5.91 Å². The molecule has 0 saturated carbocycles. The highest BCUT2D eigenvalue weighted by Gasteiger charge is 2.22. The van der Waals surface area contributed by atoms with E-state index < -0.39 is 0 Å². The summed E-state index contributed by atoms with van der Waals surface area (Å²) in [5.41, 5.74) is 0. The molecule has 1 amide bonds. The van der Waals surface area contributed by atoms with Gasteiger partial charge in [-0.2, -0.15) is 0 Å². The Labute approximate surface area is 159 Å². The quantitative estimate of drug-likeness (QED) is 0.467. The molecule has 1 aliphatic rings. The third-order valence-electron chi connectivity index (χ3n) is 5.61. The number of amides is 1. The molecular weight excluding hydrogens is 328 g/mol. The van der Waals surface area contributed by atoms with Crippen LogP contribution in [-0.4, -0.2) is 41.2 Å². The maximum absolute atomic E-state index is 12.2. The Balaban J connectivity index is 2.34. The van der Waals surface area contributed by atoms with Crippen molar-refractivity contribution in [3.05, 3.63) is 12.7 Å². The number of carbonyl (C=O) groups excluding carboxylic acids is 1. The van der Waals surface area contributed by atoms with E-state index in [2.05, 4.69) is 34.3 Å². The molecule has 4 heteroatoms. The van der Waals surface area contributed by atoms with E-state index in [9.17, 15) is 4.79 Å². The molecule has 144 valence electrons. The number of carbonyl (C=O) groups is 1. The van der Waals surface area contributed by atoms with Crippen LogP contribution >= 0.6 is 11.8 Å². The summed E-state index contributed by atoms with van der Waals surface area (Å²) >= 11 is 1.90. The average Bonchev–Trinajstić information content (AvgIpc) is 3.05. The monoisotopic (exact) mass is 366 g/mol. The molecule has 0 N–H and O–H groups in total. The predicted molar refractivity (Wildman–Crippen MR) is 112 cm³/mol. The summed E-state index contributed by atoms with van der Waals surface area (Å²) in [7, 11) is 1.94. The highest BCUT2D eigenvalue weighted by Crippen LogP contribution is 2.29. The molecule has 3 nitrogen and oxygen atoms in total. The molecule has 0 fully saturated rings. The van der Waals surface area contributed by atoms with Crippen molar-refractivity contribution in [2.45, 2.75) is 66.3 Å². The number of nitrogens with zero attached hydrogens (tertiary/aromatic N) is 2. The van der Waals surface area contributed by atoms with Gasteiger partial charge < -0.3 is 4.90 Å². The number of thioether (sulfide) groups is 1. The van der Waals surface area contributed by atoms with E-state index in [0.29, 0.717) is 23.8 Å². The molecule has 0 bridgehead atoms. The summed E-state index contributed by atoms with van der Waals surface area (Å²) in [6.45, 7) is 15.8. The van der Waals surface area contributed by atoms with Crippen molar-refractivity contribution in [2.24, 2.45) is 28.7 Å². The fourth-order valence-corrected chi connectivity index (χ4v) is 4.37. The van der Waals surface area contributed by atoms with Gasteiger partial charge in [0.1, 0.15) is 0 Å². The van der Waals surface area contributed by atoms with E-state index in [-0.39, 0.29) is 11.8 Å². The first-order valence-corrected chi connectivity index (χ1v) is 10.8. The summed E-state index contributed by atoms with van der Waals surface area (Å²) in [4.78, 5) is 18.8. The molecule has 0 aromatic carbocycles. The average molecular weight is 367 g/mol. The number of rotatable bonds is 11. The smallest absolute Gasteiger partial charge is 0.225 e. The molecule has 0 aromatic heterocycles. The van der Waals surface area contributed by atoms with Gasteiger partial charge in [-0.1, -0.05) is 40.7 Å². The van der Waals surface area contributed by atoms with Crippen molar-refractivity contribution in [3.8, 4) is 0 Å². The van der Waals surface area contributed by atoms with Crippen molar-refractivity contribution in [2.75, 3.05) is 19.3 Å². The molecule has 0 saturated heterocycles. The fourth-order valence-electron chi connectivity index (χ4n) is 3.21. The van der Waals surface area contributed by atoms with Gasteiger partial charge in [0.25, 0.3) is 0 Å². The maximum Gasteiger partial charge on any atom is 0.225 e. The van der Waals surface area contributed by atoms with Gasteiger partial charge in [-0.3, -0.25) is 9.79 Å². The first kappa shape index (κ1) is 22.3. The molecule has 0 radical (unpaired) electrons. The molecule has 5 atom stereocenters. The first-order valence-electron chi connectivity index (χ1n) is 9.85. The van der Waals surface area contributed by atoms with E-state index in [0.717, 1.165) is 31.6 Å². The van der Waals surface area contributed by atoms with E-state index in [1.54, 1.807) is 0 Å². The number of hydrogen-bond acceptors (Lipinski definition) is 3. The van der Waals surface area contributed by atoms with Gasteiger partial charge in [0.05, 0.1) is 11.1 Å². The van der Waals surface area contributed by atoms with Crippen LogP contribution in [0.3, 0.4) is 0 Å². The fraction of sp³-hybridized carbons (Fsp3) is 0.810. The van der Waals surface area contributed by atoms with Crippen molar-refractivity contribution in [1.29, 1.82) is 0 Å². The lowest BCUT2D eigenvalue weighted by Gasteiger charge is -2.26. The molecule has 1 aliphatic heterocycles. The molecule has 25 heavy (non-hydrogen) atoms. The van der Waals surface area contributed by atoms with Crippen LogP contribution in [0.1, 0.15) is 60.3 Å². The van der Waals surface area contributed by atoms with Gasteiger partial charge in [0, 0.05) is 25.3 Å². The Kier molecular flexibility index (Phi) is 9.84. The summed E-state index contributed by atoms with van der Waals surface area (Å²) in [6, 6.07) is 0.319. The zero-order valence-electron chi connectivity index (χ0n) is 17.1. The van der Waals surface area contributed by atoms with Crippen LogP contribution in [0.5, 0.6) is 0 Å². The van der Waals surface area contributed by atoms with Crippen LogP contribution in [0.2, 0.25) is 0 Å². The third-order valence-corrected chi connectivity index (χ3v) is 6.73. The van der Waals surface area contributed by atoms with Crippen molar-refractivity contribution >= 4 is 22.7 Å². The lowest BCUT2D eigenvalue weighted by Crippen LogP contribution is -2.33. The largest absolute Gasteiger partial charge is 0.346 e. The van der Waals surface area contributed by atoms with Crippen LogP contribution in [0.4, 0.5) is 0 Å². The van der Waals surface area contributed by atoms with Crippen molar-refractivity contribution < 1.29 is 4.79 Å². The summed E-state index contributed by atoms with van der Waals surface area (Å²) < 4.78 is 0. The Morgan fingerprint density at radius 3 is 2.60 bits per heavy atom. The van der Waals surface area contributed by atoms with Gasteiger partial charge >= 0.3 is 0 Å². The Morgan fingerprint density at radius 1 is 1.36 bits per heavy atom. The highest BCUT2D eigenvalue weighted by atomic mass is 32.2. The van der Waals surface area contributed by atoms with E-state index in [1.807, 2.05) is 36.7 Å². The lowest BCUT2D eigenvalue weighted by atomic mass is 9.84. The normalized spacial score (nSPS) is 22.0. The zero-order chi connectivity index (χ0) is 19.0. The minimum absolute atomic E-state index is 0.142. The lowest BCUT2D eigenvalue weighted by molar-refractivity contribution is -0.133. The Hall–Kier alpha value is -0.770. The van der Waals surface area contributed by atoms with Crippen LogP contribution in [-0.2, 0) is 4.79 Å². The zero-order valence-corrected chi connectivity index (χ0v) is 17.9. The van der Waals surface area contributed by atoms with Crippen molar-refractivity contribution in [3.63, 3.8) is 0 Å². The first-order chi connectivity index (χ1) is 11.8. The topological polar surface area (TPSA) is 32.7 Å². The molecule has 1 heterocycles. The van der Waals surface area contributed by atoms with E-state index >= 15 is 0 Å². The summed E-state index contributed by atoms with van der Waals surface area (Å²) in [5.74, 6) is 3.46. The second-order valence-corrected chi connectivity index (χ2v) is 9.09. The Bertz CT molecular complexity index is 463. The van der Waals surface area contributed by atoms with Gasteiger partial charge in [-0.25, -0.2) is 0 Å². The standard InChI is InChI=1S/C21H38N2OS/c1-8-16(4)21(24)23(7)11-10-15(3)12-17(5)18(6)13-20-22-19(9-2)14-25-20/h9,15-19H,2,8,10-14H2,1,3-7H3/t15-,16-,17+,18-,19+/m1/s1. The molecule has 1 rings (SSSR count). The SMILES string of the molecule is C=C[C@H]1CSC(C[C@@H](C)[C@@H](C)C[C@H](C)CCN(C)C(=O)[C@H](C)CC)=N1. The molecule has 0 spiro atoms. The van der Waals surface area contributed by atoms with Crippen LogP contribution in [0.25, 0.3) is 0 Å². The molecule has 0 aliphatic carbocycles. The van der Waals surface area contributed by atoms with Crippen LogP contribution in [0.15, 0.2) is 17.6 Å². The minimum atomic E-state index is 0.142. The molecule has 0 unspecified atom stereocenters. The minimum Gasteiger partial charge on any atom is -0.346 e. The predicted octanol–water partition coefficient (Wildman–Crippen LogP) is 5.27. The number of hydrogen-bond donors (Lipinski definition) is 0. The van der Waals surface area contributed by atoms with Gasteiger partial charge in [-0.05, 0) is 43.4 Å².